The van der Waals surface area contributed by atoms with Crippen LogP contribution < -0.4 is 5.32 Å². The molecule has 1 N–H and O–H groups in total. The minimum atomic E-state index is -3.52. The maximum atomic E-state index is 12.6. The van der Waals surface area contributed by atoms with Gasteiger partial charge in [0.25, 0.3) is 5.91 Å². The fourth-order valence-electron chi connectivity index (χ4n) is 4.81. The van der Waals surface area contributed by atoms with Crippen molar-refractivity contribution in [2.75, 3.05) is 25.0 Å². The minimum absolute atomic E-state index is 0.0232. The van der Waals surface area contributed by atoms with Crippen molar-refractivity contribution < 1.29 is 27.5 Å². The summed E-state index contributed by atoms with van der Waals surface area (Å²) >= 11 is 0. The average molecular weight is 478 g/mol. The van der Waals surface area contributed by atoms with Crippen molar-refractivity contribution in [3.8, 4) is 0 Å². The minimum Gasteiger partial charge on any atom is -0.452 e. The standard InChI is InChI=1S/C23H31N3O6S/c1-16(32-23(29)17-14-21(27)26(15-17)19-6-2-3-7-19)22(28)24-18-8-10-20(11-9-18)33(30,31)25-12-4-5-13-25/h8-11,16-17,19H,2-7,12-15H2,1H3,(H,24,28)/t16-,17-/m0/s1. The maximum absolute atomic E-state index is 12.6. The Hall–Kier alpha value is -2.46. The molecule has 1 aromatic carbocycles. The summed E-state index contributed by atoms with van der Waals surface area (Å²) in [6.45, 7) is 2.87. The van der Waals surface area contributed by atoms with Gasteiger partial charge in [0.05, 0.1) is 10.8 Å². The molecule has 10 heteroatoms. The first-order chi connectivity index (χ1) is 15.8. The van der Waals surface area contributed by atoms with Crippen molar-refractivity contribution in [3.63, 3.8) is 0 Å². The summed E-state index contributed by atoms with van der Waals surface area (Å²) in [6, 6.07) is 6.17. The van der Waals surface area contributed by atoms with Crippen LogP contribution in [0.5, 0.6) is 0 Å². The van der Waals surface area contributed by atoms with Gasteiger partial charge in [0.1, 0.15) is 0 Å². The summed E-state index contributed by atoms with van der Waals surface area (Å²) in [4.78, 5) is 39.3. The van der Waals surface area contributed by atoms with Gasteiger partial charge in [0.15, 0.2) is 6.10 Å². The molecule has 0 spiro atoms. The lowest BCUT2D eigenvalue weighted by Gasteiger charge is -2.24. The number of esters is 1. The number of carbonyl (C=O) groups excluding carboxylic acids is 3. The van der Waals surface area contributed by atoms with Gasteiger partial charge in [-0.2, -0.15) is 4.31 Å². The van der Waals surface area contributed by atoms with Crippen LogP contribution in [0.15, 0.2) is 29.2 Å². The monoisotopic (exact) mass is 477 g/mol. The zero-order valence-electron chi connectivity index (χ0n) is 18.9. The highest BCUT2D eigenvalue weighted by atomic mass is 32.2. The average Bonchev–Trinajstić information content (AvgIpc) is 3.55. The first-order valence-corrected chi connectivity index (χ1v) is 13.1. The highest BCUT2D eigenvalue weighted by Crippen LogP contribution is 2.30. The zero-order chi connectivity index (χ0) is 23.6. The van der Waals surface area contributed by atoms with E-state index in [9.17, 15) is 22.8 Å². The lowest BCUT2D eigenvalue weighted by molar-refractivity contribution is -0.157. The molecule has 0 bridgehead atoms. The number of carbonyl (C=O) groups is 3. The van der Waals surface area contributed by atoms with Crippen LogP contribution in [0.2, 0.25) is 0 Å². The van der Waals surface area contributed by atoms with E-state index in [4.69, 9.17) is 4.74 Å². The van der Waals surface area contributed by atoms with E-state index in [1.807, 2.05) is 0 Å². The van der Waals surface area contributed by atoms with Crippen LogP contribution in [0.1, 0.15) is 51.9 Å². The quantitative estimate of drug-likeness (QED) is 0.602. The number of rotatable bonds is 7. The van der Waals surface area contributed by atoms with E-state index in [-0.39, 0.29) is 23.3 Å². The van der Waals surface area contributed by atoms with Gasteiger partial charge in [-0.25, -0.2) is 8.42 Å². The summed E-state index contributed by atoms with van der Waals surface area (Å²) in [5, 5.41) is 2.65. The Balaban J connectivity index is 1.29. The molecular formula is C23H31N3O6S. The molecule has 1 aliphatic carbocycles. The molecule has 2 amide bonds. The molecular weight excluding hydrogens is 446 g/mol. The van der Waals surface area contributed by atoms with Gasteiger partial charge >= 0.3 is 5.97 Å². The molecule has 9 nitrogen and oxygen atoms in total. The van der Waals surface area contributed by atoms with Crippen molar-refractivity contribution in [2.45, 2.75) is 68.9 Å². The molecule has 1 saturated carbocycles. The third-order valence-corrected chi connectivity index (χ3v) is 8.66. The normalized spacial score (nSPS) is 23.1. The number of amides is 2. The van der Waals surface area contributed by atoms with Crippen LogP contribution in [0.4, 0.5) is 5.69 Å². The van der Waals surface area contributed by atoms with Crippen molar-refractivity contribution in [2.24, 2.45) is 5.92 Å². The molecule has 3 fully saturated rings. The van der Waals surface area contributed by atoms with Gasteiger partial charge in [-0.15, -0.1) is 0 Å². The predicted octanol–water partition coefficient (Wildman–Crippen LogP) is 2.13. The molecule has 2 heterocycles. The third kappa shape index (κ3) is 5.22. The van der Waals surface area contributed by atoms with E-state index in [0.29, 0.717) is 25.3 Å². The van der Waals surface area contributed by atoms with Gasteiger partial charge in [0.2, 0.25) is 15.9 Å². The summed E-state index contributed by atoms with van der Waals surface area (Å²) in [7, 11) is -3.52. The Morgan fingerprint density at radius 3 is 2.33 bits per heavy atom. The summed E-state index contributed by atoms with van der Waals surface area (Å²) < 4.78 is 32.0. The van der Waals surface area contributed by atoms with Crippen LogP contribution in [-0.4, -0.2) is 67.2 Å². The van der Waals surface area contributed by atoms with Crippen LogP contribution in [0.25, 0.3) is 0 Å². The van der Waals surface area contributed by atoms with Gasteiger partial charge in [0, 0.05) is 37.8 Å². The lowest BCUT2D eigenvalue weighted by atomic mass is 10.1. The van der Waals surface area contributed by atoms with Gasteiger partial charge in [-0.1, -0.05) is 12.8 Å². The zero-order valence-corrected chi connectivity index (χ0v) is 19.7. The van der Waals surface area contributed by atoms with Crippen molar-refractivity contribution in [1.82, 2.24) is 9.21 Å². The number of ether oxygens (including phenoxy) is 1. The van der Waals surface area contributed by atoms with Gasteiger partial charge in [-0.05, 0) is 56.9 Å². The summed E-state index contributed by atoms with van der Waals surface area (Å²) in [5.74, 6) is -1.64. The second-order valence-electron chi connectivity index (χ2n) is 9.09. The third-order valence-electron chi connectivity index (χ3n) is 6.74. The number of sulfonamides is 1. The Kier molecular flexibility index (Phi) is 7.04. The van der Waals surface area contributed by atoms with Crippen LogP contribution in [-0.2, 0) is 29.1 Å². The Morgan fingerprint density at radius 2 is 1.70 bits per heavy atom. The molecule has 3 aliphatic rings. The fraction of sp³-hybridized carbons (Fsp3) is 0.609. The second kappa shape index (κ2) is 9.80. The summed E-state index contributed by atoms with van der Waals surface area (Å²) in [5.41, 5.74) is 0.409. The number of hydrogen-bond donors (Lipinski definition) is 1. The number of hydrogen-bond acceptors (Lipinski definition) is 6. The van der Waals surface area contributed by atoms with Crippen LogP contribution in [0.3, 0.4) is 0 Å². The van der Waals surface area contributed by atoms with Crippen LogP contribution >= 0.6 is 0 Å². The Bertz CT molecular complexity index is 998. The largest absolute Gasteiger partial charge is 0.452 e. The Labute approximate surface area is 194 Å². The highest BCUT2D eigenvalue weighted by Gasteiger charge is 2.40. The lowest BCUT2D eigenvalue weighted by Crippen LogP contribution is -2.36. The molecule has 0 unspecified atom stereocenters. The molecule has 1 aromatic rings. The molecule has 2 atom stereocenters. The van der Waals surface area contributed by atoms with E-state index in [0.717, 1.165) is 38.5 Å². The number of nitrogens with one attached hydrogen (secondary N) is 1. The summed E-state index contributed by atoms with van der Waals surface area (Å²) in [6.07, 6.45) is 4.96. The first kappa shape index (κ1) is 23.7. The molecule has 2 saturated heterocycles. The van der Waals surface area contributed by atoms with Crippen molar-refractivity contribution in [1.29, 1.82) is 0 Å². The molecule has 0 radical (unpaired) electrons. The molecule has 4 rings (SSSR count). The van der Waals surface area contributed by atoms with E-state index >= 15 is 0 Å². The molecule has 33 heavy (non-hydrogen) atoms. The smallest absolute Gasteiger partial charge is 0.312 e. The molecule has 180 valence electrons. The second-order valence-corrected chi connectivity index (χ2v) is 11.0. The van der Waals surface area contributed by atoms with Crippen molar-refractivity contribution in [3.05, 3.63) is 24.3 Å². The van der Waals surface area contributed by atoms with E-state index in [1.54, 1.807) is 4.90 Å². The molecule has 0 aromatic heterocycles. The van der Waals surface area contributed by atoms with Gasteiger partial charge in [-0.3, -0.25) is 14.4 Å². The van der Waals surface area contributed by atoms with Gasteiger partial charge < -0.3 is 15.0 Å². The topological polar surface area (TPSA) is 113 Å². The number of benzene rings is 1. The van der Waals surface area contributed by atoms with Crippen LogP contribution in [0, 0.1) is 5.92 Å². The SMILES string of the molecule is C[C@H](OC(=O)[C@H]1CC(=O)N(C2CCCC2)C1)C(=O)Nc1ccc(S(=O)(=O)N2CCCC2)cc1. The first-order valence-electron chi connectivity index (χ1n) is 11.7. The van der Waals surface area contributed by atoms with Crippen molar-refractivity contribution >= 4 is 33.5 Å². The van der Waals surface area contributed by atoms with E-state index in [1.165, 1.54) is 35.5 Å². The van der Waals surface area contributed by atoms with E-state index < -0.39 is 33.9 Å². The van der Waals surface area contributed by atoms with E-state index in [2.05, 4.69) is 5.32 Å². The fourth-order valence-corrected chi connectivity index (χ4v) is 6.33. The Morgan fingerprint density at radius 1 is 1.06 bits per heavy atom. The number of anilines is 1. The maximum Gasteiger partial charge on any atom is 0.312 e. The number of likely N-dealkylation sites (tertiary alicyclic amines) is 1. The molecule has 2 aliphatic heterocycles. The highest BCUT2D eigenvalue weighted by molar-refractivity contribution is 7.89. The number of nitrogens with zero attached hydrogens (tertiary/aromatic N) is 2. The predicted molar refractivity (Wildman–Crippen MR) is 121 cm³/mol.